The van der Waals surface area contributed by atoms with E-state index >= 15 is 0 Å². The van der Waals surface area contributed by atoms with E-state index < -0.39 is 6.10 Å². The van der Waals surface area contributed by atoms with Crippen LogP contribution >= 0.6 is 11.5 Å². The van der Waals surface area contributed by atoms with E-state index in [2.05, 4.69) is 21.6 Å². The Bertz CT molecular complexity index is 749. The lowest BCUT2D eigenvalue weighted by molar-refractivity contribution is 0.180. The number of hydrogen-bond acceptors (Lipinski definition) is 5. The fourth-order valence-electron chi connectivity index (χ4n) is 2.59. The van der Waals surface area contributed by atoms with Gasteiger partial charge in [0.05, 0.1) is 27.9 Å². The molecule has 0 saturated carbocycles. The number of rotatable bonds is 5. The van der Waals surface area contributed by atoms with Crippen LogP contribution in [0.15, 0.2) is 24.3 Å². The molecule has 5 nitrogen and oxygen atoms in total. The van der Waals surface area contributed by atoms with Crippen LogP contribution in [0.25, 0.3) is 10.9 Å². The highest BCUT2D eigenvalue weighted by Gasteiger charge is 2.19. The average molecular weight is 302 g/mol. The number of aliphatic hydroxyl groups is 1. The Labute approximate surface area is 127 Å². The van der Waals surface area contributed by atoms with Crippen LogP contribution in [0.1, 0.15) is 35.7 Å². The predicted molar refractivity (Wildman–Crippen MR) is 83.3 cm³/mol. The fourth-order valence-corrected chi connectivity index (χ4v) is 3.27. The lowest BCUT2D eigenvalue weighted by Crippen LogP contribution is -2.04. The van der Waals surface area contributed by atoms with Crippen molar-refractivity contribution >= 4 is 22.4 Å². The maximum absolute atomic E-state index is 10.5. The highest BCUT2D eigenvalue weighted by molar-refractivity contribution is 7.05. The Kier molecular flexibility index (Phi) is 3.98. The Hall–Kier alpha value is -1.79. The zero-order chi connectivity index (χ0) is 14.8. The monoisotopic (exact) mass is 302 g/mol. The van der Waals surface area contributed by atoms with Crippen molar-refractivity contribution in [2.45, 2.75) is 32.3 Å². The first-order chi connectivity index (χ1) is 10.2. The fraction of sp³-hybridized carbons (Fsp3) is 0.400. The van der Waals surface area contributed by atoms with E-state index in [4.69, 9.17) is 0 Å². The van der Waals surface area contributed by atoms with Gasteiger partial charge in [0.1, 0.15) is 0 Å². The molecule has 0 radical (unpaired) electrons. The van der Waals surface area contributed by atoms with Crippen LogP contribution in [0.3, 0.4) is 0 Å². The zero-order valence-corrected chi connectivity index (χ0v) is 13.0. The summed E-state index contributed by atoms with van der Waals surface area (Å²) in [5, 5.41) is 20.3. The smallest absolute Gasteiger partial charge is 0.0973 e. The van der Waals surface area contributed by atoms with Gasteiger partial charge in [0, 0.05) is 18.9 Å². The molecule has 2 heterocycles. The van der Waals surface area contributed by atoms with E-state index in [9.17, 15) is 5.11 Å². The third kappa shape index (κ3) is 2.69. The summed E-state index contributed by atoms with van der Waals surface area (Å²) in [5.41, 5.74) is 2.91. The van der Waals surface area contributed by atoms with Gasteiger partial charge in [-0.15, -0.1) is 5.10 Å². The molecule has 21 heavy (non-hydrogen) atoms. The Balaban J connectivity index is 1.89. The topological polar surface area (TPSA) is 63.8 Å². The molecule has 3 rings (SSSR count). The van der Waals surface area contributed by atoms with Gasteiger partial charge in [0.25, 0.3) is 0 Å². The van der Waals surface area contributed by atoms with E-state index in [0.29, 0.717) is 6.42 Å². The van der Waals surface area contributed by atoms with Crippen molar-refractivity contribution < 1.29 is 5.11 Å². The number of benzene rings is 1. The molecule has 0 spiro atoms. The van der Waals surface area contributed by atoms with Gasteiger partial charge in [-0.1, -0.05) is 36.0 Å². The minimum absolute atomic E-state index is 0.488. The van der Waals surface area contributed by atoms with E-state index in [1.807, 2.05) is 36.0 Å². The number of aliphatic hydroxyl groups excluding tert-OH is 1. The Morgan fingerprint density at radius 3 is 2.90 bits per heavy atom. The van der Waals surface area contributed by atoms with Crippen molar-refractivity contribution in [2.24, 2.45) is 7.05 Å². The van der Waals surface area contributed by atoms with Crippen molar-refractivity contribution in [3.05, 3.63) is 40.5 Å². The molecule has 0 fully saturated rings. The molecule has 3 aromatic rings. The first-order valence-electron chi connectivity index (χ1n) is 7.10. The lowest BCUT2D eigenvalue weighted by atomic mass is 10.1. The molecule has 1 aromatic carbocycles. The minimum Gasteiger partial charge on any atom is -0.387 e. The summed E-state index contributed by atoms with van der Waals surface area (Å²) < 4.78 is 5.83. The summed E-state index contributed by atoms with van der Waals surface area (Å²) in [6.45, 7) is 2.10. The first kappa shape index (κ1) is 14.2. The van der Waals surface area contributed by atoms with Crippen LogP contribution in [0.4, 0.5) is 0 Å². The van der Waals surface area contributed by atoms with E-state index in [1.54, 1.807) is 0 Å². The number of aryl methyl sites for hydroxylation is 2. The second kappa shape index (κ2) is 5.91. The molecule has 6 heteroatoms. The maximum Gasteiger partial charge on any atom is 0.0973 e. The van der Waals surface area contributed by atoms with Gasteiger partial charge in [-0.25, -0.2) is 0 Å². The summed E-state index contributed by atoms with van der Waals surface area (Å²) in [7, 11) is 1.93. The average Bonchev–Trinajstić information content (AvgIpc) is 3.06. The van der Waals surface area contributed by atoms with Gasteiger partial charge < -0.3 is 5.11 Å². The van der Waals surface area contributed by atoms with Gasteiger partial charge in [0.2, 0.25) is 0 Å². The highest BCUT2D eigenvalue weighted by Crippen LogP contribution is 2.27. The SMILES string of the molecule is CCCc1nnsc1C(O)Cc1nn(C)c2ccccc12. The largest absolute Gasteiger partial charge is 0.387 e. The molecule has 0 saturated heterocycles. The summed E-state index contributed by atoms with van der Waals surface area (Å²) in [5.74, 6) is 0. The molecule has 1 unspecified atom stereocenters. The standard InChI is InChI=1S/C15H18N4OS/c1-3-6-11-15(21-18-16-11)14(20)9-12-10-7-4-5-8-13(10)19(2)17-12/h4-5,7-8,14,20H,3,6,9H2,1-2H3. The van der Waals surface area contributed by atoms with Crippen LogP contribution in [-0.4, -0.2) is 24.5 Å². The second-order valence-electron chi connectivity index (χ2n) is 5.14. The molecule has 1 N–H and O–H groups in total. The number of para-hydroxylation sites is 1. The zero-order valence-electron chi connectivity index (χ0n) is 12.2. The minimum atomic E-state index is -0.593. The van der Waals surface area contributed by atoms with Crippen LogP contribution in [-0.2, 0) is 19.9 Å². The number of nitrogens with zero attached hydrogens (tertiary/aromatic N) is 4. The molecule has 0 aliphatic carbocycles. The summed E-state index contributed by atoms with van der Waals surface area (Å²) in [6.07, 6.45) is 1.75. The predicted octanol–water partition coefficient (Wildman–Crippen LogP) is 2.65. The molecule has 0 bridgehead atoms. The molecular weight excluding hydrogens is 284 g/mol. The van der Waals surface area contributed by atoms with Crippen LogP contribution in [0.5, 0.6) is 0 Å². The van der Waals surface area contributed by atoms with Crippen LogP contribution in [0.2, 0.25) is 0 Å². The number of fused-ring (bicyclic) bond motifs is 1. The Morgan fingerprint density at radius 2 is 2.10 bits per heavy atom. The van der Waals surface area contributed by atoms with Crippen LogP contribution in [0, 0.1) is 0 Å². The molecular formula is C15H18N4OS. The third-order valence-electron chi connectivity index (χ3n) is 3.60. The maximum atomic E-state index is 10.5. The van der Waals surface area contributed by atoms with Crippen LogP contribution < -0.4 is 0 Å². The summed E-state index contributed by atoms with van der Waals surface area (Å²) >= 11 is 1.28. The molecule has 0 aliphatic heterocycles. The lowest BCUT2D eigenvalue weighted by Gasteiger charge is -2.08. The molecule has 110 valence electrons. The van der Waals surface area contributed by atoms with Crippen molar-refractivity contribution in [1.82, 2.24) is 19.4 Å². The van der Waals surface area contributed by atoms with Gasteiger partial charge in [-0.05, 0) is 24.0 Å². The second-order valence-corrected chi connectivity index (χ2v) is 5.93. The normalized spacial score (nSPS) is 12.9. The van der Waals surface area contributed by atoms with E-state index in [-0.39, 0.29) is 0 Å². The Morgan fingerprint density at radius 1 is 1.29 bits per heavy atom. The highest BCUT2D eigenvalue weighted by atomic mass is 32.1. The van der Waals surface area contributed by atoms with E-state index in [0.717, 1.165) is 40.0 Å². The van der Waals surface area contributed by atoms with Crippen molar-refractivity contribution in [1.29, 1.82) is 0 Å². The quantitative estimate of drug-likeness (QED) is 0.787. The van der Waals surface area contributed by atoms with Crippen molar-refractivity contribution in [2.75, 3.05) is 0 Å². The molecule has 2 aromatic heterocycles. The van der Waals surface area contributed by atoms with Gasteiger partial charge >= 0.3 is 0 Å². The molecule has 0 amide bonds. The summed E-state index contributed by atoms with van der Waals surface area (Å²) in [4.78, 5) is 0.867. The van der Waals surface area contributed by atoms with Crippen molar-refractivity contribution in [3.8, 4) is 0 Å². The van der Waals surface area contributed by atoms with E-state index in [1.165, 1.54) is 11.5 Å². The molecule has 1 atom stereocenters. The van der Waals surface area contributed by atoms with Gasteiger partial charge in [-0.3, -0.25) is 4.68 Å². The number of aromatic nitrogens is 4. The van der Waals surface area contributed by atoms with Gasteiger partial charge in [0.15, 0.2) is 0 Å². The number of hydrogen-bond donors (Lipinski definition) is 1. The first-order valence-corrected chi connectivity index (χ1v) is 7.87. The van der Waals surface area contributed by atoms with Gasteiger partial charge in [-0.2, -0.15) is 5.10 Å². The molecule has 0 aliphatic rings. The summed E-state index contributed by atoms with van der Waals surface area (Å²) in [6, 6.07) is 8.07. The third-order valence-corrected chi connectivity index (χ3v) is 4.46. The van der Waals surface area contributed by atoms with Crippen molar-refractivity contribution in [3.63, 3.8) is 0 Å².